The molecule has 0 aromatic heterocycles. The molecular formula is C17H31N3O5S. The van der Waals surface area contributed by atoms with Gasteiger partial charge in [0.1, 0.15) is 5.60 Å². The largest absolute Gasteiger partial charge is 0.450 e. The predicted octanol–water partition coefficient (Wildman–Crippen LogP) is 1.98. The molecule has 1 aliphatic heterocycles. The van der Waals surface area contributed by atoms with Crippen molar-refractivity contribution in [1.29, 1.82) is 0 Å². The van der Waals surface area contributed by atoms with Crippen LogP contribution in [0, 0.1) is 0 Å². The Morgan fingerprint density at radius 1 is 1.19 bits per heavy atom. The zero-order valence-electron chi connectivity index (χ0n) is 16.1. The quantitative estimate of drug-likeness (QED) is 0.646. The molecule has 0 unspecified atom stereocenters. The molecule has 3 amide bonds. The van der Waals surface area contributed by atoms with Gasteiger partial charge >= 0.3 is 12.2 Å². The Kier molecular flexibility index (Phi) is 9.61. The van der Waals surface area contributed by atoms with Crippen LogP contribution >= 0.6 is 11.8 Å². The van der Waals surface area contributed by atoms with Gasteiger partial charge in [-0.05, 0) is 40.5 Å². The van der Waals surface area contributed by atoms with Crippen LogP contribution in [0.3, 0.4) is 0 Å². The minimum Gasteiger partial charge on any atom is -0.450 e. The maximum absolute atomic E-state index is 12.0. The maximum Gasteiger partial charge on any atom is 0.409 e. The van der Waals surface area contributed by atoms with Crippen LogP contribution in [-0.2, 0) is 14.3 Å². The first-order valence-corrected chi connectivity index (χ1v) is 10.1. The lowest BCUT2D eigenvalue weighted by Gasteiger charge is -2.31. The van der Waals surface area contributed by atoms with Gasteiger partial charge in [0.05, 0.1) is 12.4 Å². The van der Waals surface area contributed by atoms with E-state index in [0.29, 0.717) is 37.7 Å². The Hall–Kier alpha value is -1.64. The van der Waals surface area contributed by atoms with Crippen molar-refractivity contribution in [1.82, 2.24) is 15.5 Å². The van der Waals surface area contributed by atoms with Gasteiger partial charge in [-0.1, -0.05) is 0 Å². The molecule has 0 bridgehead atoms. The number of carbonyl (C=O) groups is 3. The highest BCUT2D eigenvalue weighted by Crippen LogP contribution is 2.12. The van der Waals surface area contributed by atoms with E-state index in [-0.39, 0.29) is 18.0 Å². The fraction of sp³-hybridized carbons (Fsp3) is 0.824. The molecule has 1 rings (SSSR count). The molecule has 1 aliphatic rings. The van der Waals surface area contributed by atoms with Crippen LogP contribution in [0.15, 0.2) is 0 Å². The Morgan fingerprint density at radius 2 is 1.85 bits per heavy atom. The van der Waals surface area contributed by atoms with E-state index in [4.69, 9.17) is 9.47 Å². The maximum atomic E-state index is 12.0. The number of hydrogen-bond acceptors (Lipinski definition) is 6. The molecule has 9 heteroatoms. The first kappa shape index (κ1) is 22.4. The van der Waals surface area contributed by atoms with Crippen molar-refractivity contribution < 1.29 is 23.9 Å². The van der Waals surface area contributed by atoms with Crippen LogP contribution < -0.4 is 10.6 Å². The summed E-state index contributed by atoms with van der Waals surface area (Å²) in [7, 11) is 0. The Bertz CT molecular complexity index is 474. The van der Waals surface area contributed by atoms with Crippen LogP contribution in [0.2, 0.25) is 0 Å². The van der Waals surface area contributed by atoms with Gasteiger partial charge in [-0.2, -0.15) is 11.8 Å². The molecule has 26 heavy (non-hydrogen) atoms. The minimum absolute atomic E-state index is 0.0261. The summed E-state index contributed by atoms with van der Waals surface area (Å²) in [5.74, 6) is 0.948. The Balaban J connectivity index is 2.09. The second kappa shape index (κ2) is 11.2. The smallest absolute Gasteiger partial charge is 0.409 e. The first-order valence-electron chi connectivity index (χ1n) is 8.97. The van der Waals surface area contributed by atoms with Crippen molar-refractivity contribution in [3.63, 3.8) is 0 Å². The van der Waals surface area contributed by atoms with E-state index in [1.165, 1.54) is 11.8 Å². The summed E-state index contributed by atoms with van der Waals surface area (Å²) in [6.45, 7) is 9.22. The third kappa shape index (κ3) is 9.74. The summed E-state index contributed by atoms with van der Waals surface area (Å²) in [6, 6.07) is 0.0914. The van der Waals surface area contributed by atoms with Crippen molar-refractivity contribution in [2.45, 2.75) is 52.2 Å². The lowest BCUT2D eigenvalue weighted by Crippen LogP contribution is -2.47. The minimum atomic E-state index is -0.514. The molecule has 1 saturated heterocycles. The second-order valence-corrected chi connectivity index (χ2v) is 8.11. The number of alkyl carbamates (subject to hydrolysis) is 1. The number of nitrogens with one attached hydrogen (secondary N) is 2. The van der Waals surface area contributed by atoms with E-state index in [2.05, 4.69) is 10.6 Å². The number of likely N-dealkylation sites (tertiary alicyclic amines) is 1. The van der Waals surface area contributed by atoms with Crippen LogP contribution in [0.5, 0.6) is 0 Å². The number of carbonyl (C=O) groups excluding carboxylic acids is 3. The highest BCUT2D eigenvalue weighted by molar-refractivity contribution is 7.99. The number of nitrogens with zero attached hydrogens (tertiary/aromatic N) is 1. The number of amides is 3. The third-order valence-electron chi connectivity index (χ3n) is 3.53. The lowest BCUT2D eigenvalue weighted by molar-refractivity contribution is -0.119. The van der Waals surface area contributed by atoms with E-state index < -0.39 is 11.7 Å². The topological polar surface area (TPSA) is 97.0 Å². The molecule has 0 saturated carbocycles. The Morgan fingerprint density at radius 3 is 2.42 bits per heavy atom. The van der Waals surface area contributed by atoms with Crippen LogP contribution in [0.1, 0.15) is 40.5 Å². The summed E-state index contributed by atoms with van der Waals surface area (Å²) >= 11 is 1.46. The summed E-state index contributed by atoms with van der Waals surface area (Å²) in [6.07, 6.45) is 0.728. The van der Waals surface area contributed by atoms with Gasteiger partial charge in [0.2, 0.25) is 5.91 Å². The van der Waals surface area contributed by atoms with Crippen molar-refractivity contribution in [3.8, 4) is 0 Å². The standard InChI is InChI=1S/C17H31N3O5S/c1-5-24-16(23)20-9-6-13(7-10-20)19-14(21)12-26-11-8-18-15(22)25-17(2,3)4/h13H,5-12H2,1-4H3,(H,18,22)(H,19,21). The van der Waals surface area contributed by atoms with Gasteiger partial charge in [0.15, 0.2) is 0 Å². The van der Waals surface area contributed by atoms with Crippen molar-refractivity contribution in [2.24, 2.45) is 0 Å². The summed E-state index contributed by atoms with van der Waals surface area (Å²) in [4.78, 5) is 36.7. The highest BCUT2D eigenvalue weighted by atomic mass is 32.2. The highest BCUT2D eigenvalue weighted by Gasteiger charge is 2.24. The molecule has 0 atom stereocenters. The number of ether oxygens (including phenoxy) is 2. The van der Waals surface area contributed by atoms with E-state index in [9.17, 15) is 14.4 Å². The summed E-state index contributed by atoms with van der Waals surface area (Å²) < 4.78 is 10.1. The fourth-order valence-corrected chi connectivity index (χ4v) is 3.05. The number of thioether (sulfide) groups is 1. The summed E-state index contributed by atoms with van der Waals surface area (Å²) in [5, 5.41) is 5.65. The number of hydrogen-bond donors (Lipinski definition) is 2. The zero-order valence-corrected chi connectivity index (χ0v) is 16.9. The number of rotatable bonds is 7. The molecule has 8 nitrogen and oxygen atoms in total. The van der Waals surface area contributed by atoms with Crippen molar-refractivity contribution in [3.05, 3.63) is 0 Å². The van der Waals surface area contributed by atoms with E-state index in [1.807, 2.05) is 20.8 Å². The van der Waals surface area contributed by atoms with Gasteiger partial charge in [-0.25, -0.2) is 9.59 Å². The molecule has 0 aromatic carbocycles. The molecule has 0 spiro atoms. The average Bonchev–Trinajstić information content (AvgIpc) is 2.53. The second-order valence-electron chi connectivity index (χ2n) is 7.01. The molecule has 2 N–H and O–H groups in total. The van der Waals surface area contributed by atoms with E-state index >= 15 is 0 Å². The molecule has 0 aromatic rings. The molecule has 1 heterocycles. The van der Waals surface area contributed by atoms with E-state index in [1.54, 1.807) is 11.8 Å². The number of piperidine rings is 1. The normalized spacial score (nSPS) is 15.3. The fourth-order valence-electron chi connectivity index (χ4n) is 2.39. The Labute approximate surface area is 159 Å². The van der Waals surface area contributed by atoms with Gasteiger partial charge in [0, 0.05) is 31.4 Å². The third-order valence-corrected chi connectivity index (χ3v) is 4.49. The molecule has 0 radical (unpaired) electrons. The van der Waals surface area contributed by atoms with Crippen molar-refractivity contribution in [2.75, 3.05) is 37.7 Å². The van der Waals surface area contributed by atoms with Crippen molar-refractivity contribution >= 4 is 29.9 Å². The molecule has 150 valence electrons. The molecule has 0 aliphatic carbocycles. The van der Waals surface area contributed by atoms with Gasteiger partial charge < -0.3 is 25.0 Å². The van der Waals surface area contributed by atoms with Gasteiger partial charge in [-0.3, -0.25) is 4.79 Å². The monoisotopic (exact) mass is 389 g/mol. The summed E-state index contributed by atoms with van der Waals surface area (Å²) in [5.41, 5.74) is -0.514. The predicted molar refractivity (Wildman–Crippen MR) is 101 cm³/mol. The molecule has 1 fully saturated rings. The van der Waals surface area contributed by atoms with Crippen LogP contribution in [0.25, 0.3) is 0 Å². The van der Waals surface area contributed by atoms with Crippen LogP contribution in [0.4, 0.5) is 9.59 Å². The first-order chi connectivity index (χ1) is 12.2. The SMILES string of the molecule is CCOC(=O)N1CCC(NC(=O)CSCCNC(=O)OC(C)(C)C)CC1. The van der Waals surface area contributed by atoms with E-state index in [0.717, 1.165) is 12.8 Å². The van der Waals surface area contributed by atoms with Gasteiger partial charge in [0.25, 0.3) is 0 Å². The lowest BCUT2D eigenvalue weighted by atomic mass is 10.1. The average molecular weight is 390 g/mol. The van der Waals surface area contributed by atoms with Gasteiger partial charge in [-0.15, -0.1) is 0 Å². The van der Waals surface area contributed by atoms with Crippen LogP contribution in [-0.4, -0.2) is 72.4 Å². The molecular weight excluding hydrogens is 358 g/mol. The zero-order chi connectivity index (χ0) is 19.6.